The molecule has 5 heterocycles. The molecule has 3 aliphatic carbocycles. The molecule has 2 fully saturated rings. The van der Waals surface area contributed by atoms with Crippen molar-refractivity contribution in [2.75, 3.05) is 25.6 Å². The van der Waals surface area contributed by atoms with Crippen LogP contribution in [0.1, 0.15) is 351 Å². The minimum absolute atomic E-state index is 0.111. The number of allylic oxidation sites excluding steroid dienone is 2. The number of benzene rings is 9. The van der Waals surface area contributed by atoms with Gasteiger partial charge in [-0.15, -0.1) is 0 Å². The summed E-state index contributed by atoms with van der Waals surface area (Å²) < 4.78 is 95.1. The third-order valence-electron chi connectivity index (χ3n) is 27.3. The normalized spacial score (nSPS) is 14.8. The van der Waals surface area contributed by atoms with E-state index in [9.17, 15) is 26.3 Å². The topological polar surface area (TPSA) is 78.2 Å². The predicted molar refractivity (Wildman–Crippen MR) is 567 cm³/mol. The van der Waals surface area contributed by atoms with Gasteiger partial charge in [0.15, 0.2) is 0 Å². The number of ether oxygens (including phenoxy) is 2. The summed E-state index contributed by atoms with van der Waals surface area (Å²) in [4.78, 5) is 21.7. The van der Waals surface area contributed by atoms with E-state index in [4.69, 9.17) is 29.4 Å². The Morgan fingerprint density at radius 1 is 0.449 bits per heavy atom. The van der Waals surface area contributed by atoms with Crippen LogP contribution < -0.4 is 9.64 Å². The van der Waals surface area contributed by atoms with Crippen LogP contribution in [0.2, 0.25) is 0 Å². The number of anilines is 1. The molecule has 9 aromatic carbocycles. The van der Waals surface area contributed by atoms with Crippen molar-refractivity contribution in [3.05, 3.63) is 331 Å². The van der Waals surface area contributed by atoms with Crippen molar-refractivity contribution in [2.45, 2.75) is 297 Å². The van der Waals surface area contributed by atoms with Gasteiger partial charge in [0.25, 0.3) is 0 Å². The van der Waals surface area contributed by atoms with E-state index < -0.39 is 0 Å². The molecule has 0 amide bonds. The molecule has 138 heavy (non-hydrogen) atoms. The fourth-order valence-corrected chi connectivity index (χ4v) is 21.8. The maximum atomic E-state index is 13.6. The number of methoxy groups -OCH3 is 1. The number of pyridine rings is 2. The summed E-state index contributed by atoms with van der Waals surface area (Å²) in [7, 11) is 3.70. The summed E-state index contributed by atoms with van der Waals surface area (Å²) in [5.41, 5.74) is 31.8. The molecule has 14 heteroatoms. The van der Waals surface area contributed by atoms with Crippen molar-refractivity contribution >= 4 is 38.9 Å². The molecule has 2 saturated carbocycles. The standard InChI is InChI=1S/C22H30FNO.C22H23FO.C21H20FN.C20H22FN.C20H29F.C19H26FN3/c1-13(2)19-20(16-8-10-17(23)11-9-16)18(12-25-7)21(14(3)4)24-22(19)15(5)6;1-15(2)21-20(16-9-11-17(23)12-10-16)18-7-3-4-8-19(18)24-22(21)13-5-6-14-22;1-13(2)19-20(14-9-11-16(22)12-10-14)17-5-3-4-6-18(17)23-21(19)15-7-8-15;1-13(2)20-19(15-9-11-16(21)12-10-15)17-7-5-6-8-18(17)22(20)14(3)4;1-13(2)18-16(11-19(4,5)12-20(18,6)7)15-8-9-17(21)14(3)10-15;1-7-23(6)19-21-17(13(4)5)16(12(2)3)18(22-19)14-8-10-15(20)11-9-14/h8-11,13-15H,12H2,1-7H3;3-4,7-12,15H,5-6,13-14H2,1-2H3;3-6,9-13,15H,7-8H2,1-2H3;5-14H,1-4H3;8-10,13H,11-12H2,1-7H3;8-13H,7H2,1-6H3. The second-order valence-corrected chi connectivity index (χ2v) is 42.9. The van der Waals surface area contributed by atoms with Gasteiger partial charge >= 0.3 is 0 Å². The van der Waals surface area contributed by atoms with Gasteiger partial charge in [-0.05, 0) is 319 Å². The van der Waals surface area contributed by atoms with E-state index in [-0.39, 0.29) is 45.9 Å². The summed E-state index contributed by atoms with van der Waals surface area (Å²) in [6.07, 6.45) is 9.29. The molecule has 0 atom stereocenters. The zero-order valence-electron chi connectivity index (χ0n) is 87.4. The van der Waals surface area contributed by atoms with Gasteiger partial charge in [0.05, 0.1) is 23.5 Å². The molecule has 1 spiro atoms. The maximum absolute atomic E-state index is 13.6. The summed E-state index contributed by atoms with van der Waals surface area (Å²) in [6.45, 7) is 58.8. The maximum Gasteiger partial charge on any atom is 0.225 e. The molecule has 0 radical (unpaired) electrons. The summed E-state index contributed by atoms with van der Waals surface area (Å²) >= 11 is 0. The van der Waals surface area contributed by atoms with Crippen LogP contribution >= 0.6 is 0 Å². The average molecular weight is 1870 g/mol. The van der Waals surface area contributed by atoms with E-state index >= 15 is 0 Å². The summed E-state index contributed by atoms with van der Waals surface area (Å²) in [5.74, 6) is 4.38. The van der Waals surface area contributed by atoms with Gasteiger partial charge in [-0.3, -0.25) is 9.97 Å². The highest BCUT2D eigenvalue weighted by atomic mass is 19.1. The van der Waals surface area contributed by atoms with Crippen LogP contribution in [0.25, 0.3) is 77.6 Å². The first-order chi connectivity index (χ1) is 65.4. The number of para-hydroxylation sites is 3. The SMILES string of the molecule is CC(C)C1=C(c2ccc(F)cc2)c2ccccc2OC12CCCC2.CC(C)c1c(-c2ccc(F)cc2)c2ccccc2n1C(C)C.CC(C)c1c(C2CC2)nc2ccccc2c1-c1ccc(F)cc1.CCN(C)c1nc(-c2ccc(F)cc2)c(C(C)C)c(C(C)C)n1.COCc1c(C(C)C)nc(C(C)C)c(C(C)C)c1-c1ccc(F)cc1.Cc1cc(C2=C(C(C)C)C(C)(C)CC(C)(C)C2)ccc1F. The van der Waals surface area contributed by atoms with Crippen LogP contribution in [0.5, 0.6) is 5.75 Å². The van der Waals surface area contributed by atoms with E-state index in [1.54, 1.807) is 67.3 Å². The number of aromatic nitrogens is 5. The summed E-state index contributed by atoms with van der Waals surface area (Å²) in [5, 5.41) is 2.40. The molecule has 17 rings (SSSR count). The van der Waals surface area contributed by atoms with Crippen molar-refractivity contribution in [2.24, 2.45) is 22.7 Å². The van der Waals surface area contributed by atoms with Gasteiger partial charge in [-0.1, -0.05) is 267 Å². The van der Waals surface area contributed by atoms with Crippen LogP contribution in [-0.2, 0) is 11.3 Å². The van der Waals surface area contributed by atoms with Crippen molar-refractivity contribution in [3.63, 3.8) is 0 Å². The lowest BCUT2D eigenvalue weighted by Crippen LogP contribution is -2.40. The second kappa shape index (κ2) is 45.4. The van der Waals surface area contributed by atoms with Crippen LogP contribution in [0.3, 0.4) is 0 Å². The van der Waals surface area contributed by atoms with Gasteiger partial charge in [0.2, 0.25) is 5.95 Å². The molecular weight excluding hydrogens is 1720 g/mol. The molecule has 730 valence electrons. The van der Waals surface area contributed by atoms with E-state index in [0.29, 0.717) is 77.2 Å². The van der Waals surface area contributed by atoms with Crippen molar-refractivity contribution in [1.29, 1.82) is 0 Å². The van der Waals surface area contributed by atoms with Gasteiger partial charge in [0, 0.05) is 99.5 Å². The number of nitrogens with zero attached hydrogens (tertiary/aromatic N) is 6. The Labute approximate surface area is 821 Å². The average Bonchev–Trinajstić information content (AvgIpc) is 1.37. The Morgan fingerprint density at radius 2 is 0.913 bits per heavy atom. The number of rotatable bonds is 21. The van der Waals surface area contributed by atoms with Gasteiger partial charge in [-0.25, -0.2) is 36.3 Å². The highest BCUT2D eigenvalue weighted by molar-refractivity contribution is 5.99. The van der Waals surface area contributed by atoms with E-state index in [2.05, 4.69) is 238 Å². The van der Waals surface area contributed by atoms with Crippen molar-refractivity contribution in [3.8, 4) is 50.4 Å². The van der Waals surface area contributed by atoms with Crippen molar-refractivity contribution < 1.29 is 35.8 Å². The molecule has 1 aliphatic heterocycles. The smallest absolute Gasteiger partial charge is 0.225 e. The fraction of sp³-hybridized carbons (Fsp3) is 0.419. The lowest BCUT2D eigenvalue weighted by atomic mass is 9.59. The Kier molecular flexibility index (Phi) is 34.7. The van der Waals surface area contributed by atoms with Gasteiger partial charge < -0.3 is 18.9 Å². The van der Waals surface area contributed by atoms with E-state index in [0.717, 1.165) is 121 Å². The first-order valence-corrected chi connectivity index (χ1v) is 50.5. The van der Waals surface area contributed by atoms with Crippen LogP contribution in [0, 0.1) is 64.5 Å². The van der Waals surface area contributed by atoms with E-state index in [1.807, 2.05) is 91.7 Å². The molecule has 4 aliphatic rings. The van der Waals surface area contributed by atoms with Crippen LogP contribution in [0.4, 0.5) is 32.3 Å². The monoisotopic (exact) mass is 1870 g/mol. The zero-order valence-corrected chi connectivity index (χ0v) is 87.4. The van der Waals surface area contributed by atoms with Crippen molar-refractivity contribution in [1.82, 2.24) is 24.5 Å². The molecule has 0 unspecified atom stereocenters. The number of fused-ring (bicyclic) bond motifs is 3. The van der Waals surface area contributed by atoms with Gasteiger partial charge in [0.1, 0.15) is 46.3 Å². The lowest BCUT2D eigenvalue weighted by Gasteiger charge is -2.46. The fourth-order valence-electron chi connectivity index (χ4n) is 21.8. The molecule has 0 bridgehead atoms. The Morgan fingerprint density at radius 3 is 1.39 bits per heavy atom. The Hall–Kier alpha value is -11.2. The lowest BCUT2D eigenvalue weighted by molar-refractivity contribution is 0.101. The number of hydrogen-bond donors (Lipinski definition) is 0. The third-order valence-corrected chi connectivity index (χ3v) is 27.3. The van der Waals surface area contributed by atoms with Crippen LogP contribution in [-0.4, -0.2) is 50.8 Å². The van der Waals surface area contributed by atoms with E-state index in [1.165, 1.54) is 129 Å². The highest BCUT2D eigenvalue weighted by Gasteiger charge is 2.47. The molecule has 0 N–H and O–H groups in total. The molecule has 8 nitrogen and oxygen atoms in total. The highest BCUT2D eigenvalue weighted by Crippen LogP contribution is 2.56. The molecule has 13 aromatic rings. The first-order valence-electron chi connectivity index (χ1n) is 50.5. The number of aryl methyl sites for hydroxylation is 1. The van der Waals surface area contributed by atoms with Gasteiger partial charge in [-0.2, -0.15) is 0 Å². The Bertz CT molecular complexity index is 6400. The molecular formula is C124H150F6N6O2. The van der Waals surface area contributed by atoms with Crippen LogP contribution in [0.15, 0.2) is 223 Å². The second-order valence-electron chi connectivity index (χ2n) is 42.9. The summed E-state index contributed by atoms with van der Waals surface area (Å²) in [6, 6.07) is 65.0. The zero-order chi connectivity index (χ0) is 100. The minimum Gasteiger partial charge on any atom is -0.482 e. The Balaban J connectivity index is 0.000000149. The first kappa shape index (κ1) is 106. The minimum atomic E-state index is -0.233. The largest absolute Gasteiger partial charge is 0.482 e. The number of hydrogen-bond acceptors (Lipinski definition) is 7. The third kappa shape index (κ3) is 24.1. The predicted octanol–water partition coefficient (Wildman–Crippen LogP) is 36.0. The molecule has 4 aromatic heterocycles. The molecule has 0 saturated heterocycles. The quantitative estimate of drug-likeness (QED) is 0.0663. The number of halogens is 6.